The average Bonchev–Trinajstić information content (AvgIpc) is 3.11. The van der Waals surface area contributed by atoms with E-state index in [1.165, 1.54) is 19.8 Å². The number of piperidine rings is 1. The predicted molar refractivity (Wildman–Crippen MR) is 110 cm³/mol. The summed E-state index contributed by atoms with van der Waals surface area (Å²) >= 11 is 0.815. The van der Waals surface area contributed by atoms with Crippen LogP contribution >= 0.6 is 11.3 Å². The molecule has 28 heavy (non-hydrogen) atoms. The molecule has 0 bridgehead atoms. The van der Waals surface area contributed by atoms with Crippen molar-refractivity contribution in [2.45, 2.75) is 44.0 Å². The van der Waals surface area contributed by atoms with Gasteiger partial charge in [0, 0.05) is 31.7 Å². The minimum atomic E-state index is -3.83. The monoisotopic (exact) mass is 423 g/mol. The van der Waals surface area contributed by atoms with Gasteiger partial charge in [-0.3, -0.25) is 4.79 Å². The van der Waals surface area contributed by atoms with Gasteiger partial charge in [-0.15, -0.1) is 10.2 Å². The van der Waals surface area contributed by atoms with Crippen molar-refractivity contribution in [1.82, 2.24) is 14.9 Å². The number of rotatable bonds is 6. The Labute approximate surface area is 169 Å². The molecule has 0 aliphatic carbocycles. The zero-order valence-electron chi connectivity index (χ0n) is 16.2. The van der Waals surface area contributed by atoms with Gasteiger partial charge in [-0.1, -0.05) is 30.4 Å². The van der Waals surface area contributed by atoms with E-state index in [1.54, 1.807) is 6.92 Å². The van der Waals surface area contributed by atoms with E-state index in [0.717, 1.165) is 41.6 Å². The molecule has 0 radical (unpaired) electrons. The van der Waals surface area contributed by atoms with E-state index in [0.29, 0.717) is 0 Å². The Morgan fingerprint density at radius 2 is 1.86 bits per heavy atom. The Morgan fingerprint density at radius 1 is 1.21 bits per heavy atom. The number of amides is 1. The fraction of sp³-hybridized carbons (Fsp3) is 0.500. The van der Waals surface area contributed by atoms with E-state index in [9.17, 15) is 13.2 Å². The normalized spacial score (nSPS) is 16.8. The molecule has 1 saturated heterocycles. The Kier molecular flexibility index (Phi) is 6.31. The topological polar surface area (TPSA) is 104 Å². The third-order valence-electron chi connectivity index (χ3n) is 4.79. The summed E-state index contributed by atoms with van der Waals surface area (Å²) in [6.07, 6.45) is 2.39. The van der Waals surface area contributed by atoms with Gasteiger partial charge in [-0.25, -0.2) is 13.1 Å². The summed E-state index contributed by atoms with van der Waals surface area (Å²) in [5.41, 5.74) is 2.03. The minimum absolute atomic E-state index is 0.153. The van der Waals surface area contributed by atoms with Crippen molar-refractivity contribution < 1.29 is 13.2 Å². The largest absolute Gasteiger partial charge is 0.372 e. The van der Waals surface area contributed by atoms with E-state index in [2.05, 4.69) is 32.1 Å². The van der Waals surface area contributed by atoms with Gasteiger partial charge in [-0.2, -0.15) is 0 Å². The number of carbonyl (C=O) groups is 1. The second-order valence-electron chi connectivity index (χ2n) is 7.16. The van der Waals surface area contributed by atoms with Crippen molar-refractivity contribution >= 4 is 38.1 Å². The van der Waals surface area contributed by atoms with Crippen molar-refractivity contribution in [1.29, 1.82) is 0 Å². The lowest BCUT2D eigenvalue weighted by Gasteiger charge is -2.32. The van der Waals surface area contributed by atoms with Crippen molar-refractivity contribution in [3.8, 4) is 0 Å². The highest BCUT2D eigenvalue weighted by molar-refractivity contribution is 7.91. The Balaban J connectivity index is 1.65. The molecule has 2 heterocycles. The van der Waals surface area contributed by atoms with Crippen molar-refractivity contribution in [2.24, 2.45) is 5.92 Å². The molecule has 2 N–H and O–H groups in total. The van der Waals surface area contributed by atoms with Gasteiger partial charge in [-0.05, 0) is 43.4 Å². The Hall–Kier alpha value is -2.04. The minimum Gasteiger partial charge on any atom is -0.372 e. The van der Waals surface area contributed by atoms with Crippen molar-refractivity contribution in [2.75, 3.05) is 23.3 Å². The molecule has 1 aromatic carbocycles. The standard InChI is InChI=1S/C18H25N5O3S2/c1-12-8-10-23(11-9-12)16-6-4-15(5-7-16)13(2)22-28(25,26)18-21-20-17(27-18)19-14(3)24/h4-7,12-13,22H,8-11H2,1-3H3,(H,19,20,24)/t13-/m0/s1. The molecule has 0 spiro atoms. The molecule has 0 saturated carbocycles. The number of anilines is 2. The van der Waals surface area contributed by atoms with Crippen LogP contribution in [0.3, 0.4) is 0 Å². The van der Waals surface area contributed by atoms with Crippen molar-refractivity contribution in [3.05, 3.63) is 29.8 Å². The maximum atomic E-state index is 12.5. The number of carbonyl (C=O) groups excluding carboxylic acids is 1. The summed E-state index contributed by atoms with van der Waals surface area (Å²) in [4.78, 5) is 13.4. The molecule has 1 amide bonds. The summed E-state index contributed by atoms with van der Waals surface area (Å²) in [7, 11) is -3.83. The highest BCUT2D eigenvalue weighted by Crippen LogP contribution is 2.26. The second-order valence-corrected chi connectivity index (χ2v) is 10.0. The molecular formula is C18H25N5O3S2. The lowest BCUT2D eigenvalue weighted by molar-refractivity contribution is -0.114. The molecule has 1 aliphatic heterocycles. The molecule has 8 nitrogen and oxygen atoms in total. The van der Waals surface area contributed by atoms with Gasteiger partial charge < -0.3 is 10.2 Å². The SMILES string of the molecule is CC(=O)Nc1nnc(S(=O)(=O)N[C@@H](C)c2ccc(N3CCC(C)CC3)cc2)s1. The number of hydrogen-bond donors (Lipinski definition) is 2. The van der Waals surface area contributed by atoms with Gasteiger partial charge >= 0.3 is 0 Å². The third-order valence-corrected chi connectivity index (χ3v) is 7.54. The first kappa shape index (κ1) is 20.7. The fourth-order valence-electron chi connectivity index (χ4n) is 3.11. The van der Waals surface area contributed by atoms with E-state index in [-0.39, 0.29) is 15.4 Å². The fourth-order valence-corrected chi connectivity index (χ4v) is 5.31. The highest BCUT2D eigenvalue weighted by atomic mass is 32.2. The number of aromatic nitrogens is 2. The molecule has 10 heteroatoms. The zero-order valence-corrected chi connectivity index (χ0v) is 17.8. The van der Waals surface area contributed by atoms with Crippen LogP contribution in [0.25, 0.3) is 0 Å². The van der Waals surface area contributed by atoms with Gasteiger partial charge in [0.1, 0.15) is 0 Å². The number of sulfonamides is 1. The second kappa shape index (κ2) is 8.54. The quantitative estimate of drug-likeness (QED) is 0.693. The third kappa shape index (κ3) is 5.06. The lowest BCUT2D eigenvalue weighted by Crippen LogP contribution is -2.32. The van der Waals surface area contributed by atoms with Gasteiger partial charge in [0.25, 0.3) is 10.0 Å². The van der Waals surface area contributed by atoms with E-state index in [4.69, 9.17) is 0 Å². The van der Waals surface area contributed by atoms with Crippen LogP contribution in [-0.2, 0) is 14.8 Å². The van der Waals surface area contributed by atoms with Crippen LogP contribution in [0.4, 0.5) is 10.8 Å². The number of benzene rings is 1. The molecule has 1 atom stereocenters. The first-order chi connectivity index (χ1) is 13.2. The van der Waals surface area contributed by atoms with Crippen molar-refractivity contribution in [3.63, 3.8) is 0 Å². The lowest BCUT2D eigenvalue weighted by atomic mass is 9.98. The summed E-state index contributed by atoms with van der Waals surface area (Å²) < 4.78 is 27.5. The Bertz CT molecular complexity index is 919. The maximum Gasteiger partial charge on any atom is 0.270 e. The molecule has 1 fully saturated rings. The number of hydrogen-bond acceptors (Lipinski definition) is 7. The van der Waals surface area contributed by atoms with Crippen LogP contribution < -0.4 is 14.9 Å². The van der Waals surface area contributed by atoms with E-state index < -0.39 is 16.1 Å². The first-order valence-corrected chi connectivity index (χ1v) is 11.5. The van der Waals surface area contributed by atoms with Crippen LogP contribution in [0.1, 0.15) is 45.2 Å². The van der Waals surface area contributed by atoms with Gasteiger partial charge in [0.05, 0.1) is 0 Å². The molecule has 3 rings (SSSR count). The van der Waals surface area contributed by atoms with Crippen LogP contribution in [0, 0.1) is 5.92 Å². The van der Waals surface area contributed by atoms with Crippen LogP contribution in [-0.4, -0.2) is 37.6 Å². The van der Waals surface area contributed by atoms with Crippen LogP contribution in [0.15, 0.2) is 28.6 Å². The molecule has 1 aromatic heterocycles. The average molecular weight is 424 g/mol. The van der Waals surface area contributed by atoms with E-state index in [1.807, 2.05) is 24.3 Å². The van der Waals surface area contributed by atoms with Gasteiger partial charge in [0.15, 0.2) is 0 Å². The summed E-state index contributed by atoms with van der Waals surface area (Å²) in [5.74, 6) is 0.446. The predicted octanol–water partition coefficient (Wildman–Crippen LogP) is 2.77. The molecule has 152 valence electrons. The number of nitrogens with zero attached hydrogens (tertiary/aromatic N) is 3. The summed E-state index contributed by atoms with van der Waals surface area (Å²) in [5, 5.41) is 9.93. The Morgan fingerprint density at radius 3 is 2.46 bits per heavy atom. The summed E-state index contributed by atoms with van der Waals surface area (Å²) in [6.45, 7) is 7.49. The molecule has 1 aliphatic rings. The highest BCUT2D eigenvalue weighted by Gasteiger charge is 2.24. The van der Waals surface area contributed by atoms with Crippen LogP contribution in [0.5, 0.6) is 0 Å². The zero-order chi connectivity index (χ0) is 20.3. The smallest absolute Gasteiger partial charge is 0.270 e. The first-order valence-electron chi connectivity index (χ1n) is 9.23. The number of nitrogens with one attached hydrogen (secondary N) is 2. The molecule has 0 unspecified atom stereocenters. The van der Waals surface area contributed by atoms with Crippen LogP contribution in [0.2, 0.25) is 0 Å². The van der Waals surface area contributed by atoms with E-state index >= 15 is 0 Å². The maximum absolute atomic E-state index is 12.5. The summed E-state index contributed by atoms with van der Waals surface area (Å²) in [6, 6.07) is 7.55. The van der Waals surface area contributed by atoms with Gasteiger partial charge in [0.2, 0.25) is 15.4 Å². The molecular weight excluding hydrogens is 398 g/mol. The molecule has 2 aromatic rings.